The van der Waals surface area contributed by atoms with Crippen molar-refractivity contribution in [3.05, 3.63) is 124 Å². The summed E-state index contributed by atoms with van der Waals surface area (Å²) in [6.45, 7) is 3.38. The third-order valence-electron chi connectivity index (χ3n) is 9.98. The average molecular weight is 1060 g/mol. The molecule has 0 saturated heterocycles. The van der Waals surface area contributed by atoms with Crippen LogP contribution in [0, 0.1) is 29.6 Å². The van der Waals surface area contributed by atoms with Crippen LogP contribution in [-0.4, -0.2) is 49.8 Å². The summed E-state index contributed by atoms with van der Waals surface area (Å²) in [7, 11) is -14.7. The third kappa shape index (κ3) is 11.3. The molecular formula is C44H32Cl2N10O10S4. The summed E-state index contributed by atoms with van der Waals surface area (Å²) in [6.07, 6.45) is 0.873. The summed E-state index contributed by atoms with van der Waals surface area (Å²) >= 11 is 13.0. The van der Waals surface area contributed by atoms with E-state index in [1.54, 1.807) is 48.5 Å². The van der Waals surface area contributed by atoms with Gasteiger partial charge in [-0.05, 0) is 91.7 Å². The predicted molar refractivity (Wildman–Crippen MR) is 263 cm³/mol. The fraction of sp³-hybridized carbons (Fsp3) is 0.0909. The van der Waals surface area contributed by atoms with Gasteiger partial charge in [0.15, 0.2) is 16.6 Å². The minimum Gasteiger partial charge on any atom is -0.339 e. The lowest BCUT2D eigenvalue weighted by molar-refractivity contribution is -0.116. The molecule has 0 aliphatic carbocycles. The molecule has 7 rings (SSSR count). The Balaban J connectivity index is 1.40. The van der Waals surface area contributed by atoms with E-state index in [4.69, 9.17) is 23.2 Å². The predicted octanol–water partition coefficient (Wildman–Crippen LogP) is 12.1. The van der Waals surface area contributed by atoms with Crippen molar-refractivity contribution in [2.75, 3.05) is 16.0 Å². The van der Waals surface area contributed by atoms with Crippen LogP contribution in [0.3, 0.4) is 0 Å². The lowest BCUT2D eigenvalue weighted by atomic mass is 10.0. The number of carbonyl (C=O) groups is 1. The topological polar surface area (TPSA) is 326 Å². The zero-order chi connectivity index (χ0) is 50.7. The minimum atomic E-state index is -5.02. The molecule has 0 unspecified atom stereocenters. The number of thiophene rings is 1. The molecule has 20 nitrogen and oxygen atoms in total. The van der Waals surface area contributed by atoms with E-state index < -0.39 is 45.0 Å². The number of aromatic nitrogens is 1. The van der Waals surface area contributed by atoms with Crippen molar-refractivity contribution >= 4 is 132 Å². The SMILES string of the molecule is CCCC(=O)Nc1ccc(-c2c(/N=N/c3cc(S(=O)(=O)O)c4cccc(S(=O)(=O)O)c4c3)sc(N=Nc3c(Nc4ccc(Cl)cc4)nc(Nc4ccc(Cl)c(S(=O)(=O)O)c4)c(C#N)c3C)c2C#N)cc1. The fourth-order valence-corrected chi connectivity index (χ4v) is 10.3. The molecule has 0 aliphatic rings. The van der Waals surface area contributed by atoms with Gasteiger partial charge in [0.2, 0.25) is 5.91 Å². The molecular weight excluding hydrogens is 1030 g/mol. The van der Waals surface area contributed by atoms with Gasteiger partial charge in [0.05, 0.1) is 16.3 Å². The molecule has 7 aromatic rings. The Hall–Kier alpha value is -7.23. The maximum absolute atomic E-state index is 12.6. The molecule has 0 saturated carbocycles. The maximum atomic E-state index is 12.6. The van der Waals surface area contributed by atoms with Gasteiger partial charge in [-0.25, -0.2) is 4.98 Å². The Morgan fingerprint density at radius 1 is 0.686 bits per heavy atom. The standard InChI is InChI=1S/C44H32Cl2N10O10S4/c1-3-5-38(57)49-26-12-8-24(9-13-26)39-33(22-48)43(67-44(39)56-53-29-18-31-30(36(20-29)69(61,62)63)6-4-7-35(31)68(58,59)60)55-54-40-23(2)32(21-47)41(52-42(40)50-27-14-10-25(45)11-15-27)51-28-16-17-34(46)37(19-28)70(64,65)66/h4,6-20H,3,5H2,1-2H3,(H,49,57)(H2,50,51,52)(H,58,59,60)(H,61,62,63)(H,64,65,66)/b55-54?,56-53+. The van der Waals surface area contributed by atoms with Gasteiger partial charge in [-0.2, -0.15) is 35.8 Å². The van der Waals surface area contributed by atoms with Crippen molar-refractivity contribution in [1.82, 2.24) is 4.98 Å². The Kier molecular flexibility index (Phi) is 14.8. The molecule has 26 heteroatoms. The molecule has 1 amide bonds. The zero-order valence-corrected chi connectivity index (χ0v) is 40.6. The first-order valence-corrected chi connectivity index (χ1v) is 25.8. The number of azo groups is 2. The summed E-state index contributed by atoms with van der Waals surface area (Å²) in [4.78, 5) is 14.9. The number of carbonyl (C=O) groups excluding carboxylic acids is 1. The van der Waals surface area contributed by atoms with Crippen LogP contribution in [0.5, 0.6) is 0 Å². The van der Waals surface area contributed by atoms with E-state index >= 15 is 0 Å². The van der Waals surface area contributed by atoms with Crippen molar-refractivity contribution < 1.29 is 43.7 Å². The number of benzene rings is 5. The number of hydrogen-bond donors (Lipinski definition) is 6. The van der Waals surface area contributed by atoms with Crippen molar-refractivity contribution in [1.29, 1.82) is 10.5 Å². The summed E-state index contributed by atoms with van der Waals surface area (Å²) in [5.41, 5.74) is 1.19. The van der Waals surface area contributed by atoms with Gasteiger partial charge in [0, 0.05) is 50.4 Å². The van der Waals surface area contributed by atoms with Gasteiger partial charge in [-0.15, -0.1) is 20.5 Å². The molecule has 5 aromatic carbocycles. The van der Waals surface area contributed by atoms with Crippen LogP contribution >= 0.6 is 34.5 Å². The Bertz CT molecular complexity index is 3770. The number of hydrogen-bond acceptors (Lipinski definition) is 17. The van der Waals surface area contributed by atoms with Crippen molar-refractivity contribution in [2.45, 2.75) is 41.4 Å². The number of fused-ring (bicyclic) bond motifs is 1. The lowest BCUT2D eigenvalue weighted by Crippen LogP contribution is -2.10. The van der Waals surface area contributed by atoms with Crippen molar-refractivity contribution in [2.24, 2.45) is 20.5 Å². The van der Waals surface area contributed by atoms with Crippen LogP contribution in [0.1, 0.15) is 36.5 Å². The molecule has 6 N–H and O–H groups in total. The summed E-state index contributed by atoms with van der Waals surface area (Å²) in [6, 6.07) is 26.1. The number of nitrogens with one attached hydrogen (secondary N) is 3. The van der Waals surface area contributed by atoms with Gasteiger partial charge in [0.1, 0.15) is 43.1 Å². The van der Waals surface area contributed by atoms with Gasteiger partial charge in [-0.3, -0.25) is 18.5 Å². The first-order valence-electron chi connectivity index (χ1n) is 19.9. The van der Waals surface area contributed by atoms with E-state index in [0.29, 0.717) is 28.4 Å². The Morgan fingerprint density at radius 3 is 1.93 bits per heavy atom. The molecule has 0 aliphatic heterocycles. The smallest absolute Gasteiger partial charge is 0.296 e. The first-order chi connectivity index (χ1) is 33.1. The van der Waals surface area contributed by atoms with Crippen LogP contribution in [0.15, 0.2) is 132 Å². The minimum absolute atomic E-state index is 0.000142. The number of anilines is 5. The van der Waals surface area contributed by atoms with E-state index in [2.05, 4.69) is 53.5 Å². The number of nitriles is 2. The van der Waals surface area contributed by atoms with E-state index in [0.717, 1.165) is 35.6 Å². The van der Waals surface area contributed by atoms with E-state index in [9.17, 15) is 54.2 Å². The normalized spacial score (nSPS) is 12.0. The summed E-state index contributed by atoms with van der Waals surface area (Å²) < 4.78 is 104. The monoisotopic (exact) mass is 1060 g/mol. The largest absolute Gasteiger partial charge is 0.339 e. The highest BCUT2D eigenvalue weighted by Crippen LogP contribution is 2.49. The zero-order valence-electron chi connectivity index (χ0n) is 35.9. The van der Waals surface area contributed by atoms with E-state index in [1.165, 1.54) is 31.2 Å². The van der Waals surface area contributed by atoms with Crippen LogP contribution in [0.4, 0.5) is 50.1 Å². The first kappa shape index (κ1) is 50.6. The quantitative estimate of drug-likeness (QED) is 0.0410. The second-order valence-electron chi connectivity index (χ2n) is 14.7. The highest BCUT2D eigenvalue weighted by atomic mass is 35.5. The average Bonchev–Trinajstić information content (AvgIpc) is 3.65. The number of halogens is 2. The van der Waals surface area contributed by atoms with E-state index in [-0.39, 0.29) is 89.1 Å². The van der Waals surface area contributed by atoms with Crippen LogP contribution in [-0.2, 0) is 35.1 Å². The Morgan fingerprint density at radius 2 is 1.30 bits per heavy atom. The second kappa shape index (κ2) is 20.4. The molecule has 0 bridgehead atoms. The Labute approximate surface area is 413 Å². The summed E-state index contributed by atoms with van der Waals surface area (Å²) in [5, 5.41) is 46.9. The molecule has 356 valence electrons. The van der Waals surface area contributed by atoms with Gasteiger partial charge >= 0.3 is 0 Å². The number of nitrogens with zero attached hydrogens (tertiary/aromatic N) is 7. The highest BCUT2D eigenvalue weighted by Gasteiger charge is 2.25. The molecule has 0 atom stereocenters. The van der Waals surface area contributed by atoms with Gasteiger partial charge < -0.3 is 16.0 Å². The fourth-order valence-electron chi connectivity index (χ4n) is 6.81. The van der Waals surface area contributed by atoms with Crippen LogP contribution in [0.25, 0.3) is 21.9 Å². The van der Waals surface area contributed by atoms with Crippen LogP contribution in [0.2, 0.25) is 10.0 Å². The number of pyridine rings is 1. The lowest BCUT2D eigenvalue weighted by Gasteiger charge is -2.16. The molecule has 0 radical (unpaired) electrons. The van der Waals surface area contributed by atoms with E-state index in [1.807, 2.05) is 6.92 Å². The summed E-state index contributed by atoms with van der Waals surface area (Å²) in [5.74, 6) is -0.311. The second-order valence-corrected chi connectivity index (χ2v) is 20.7. The third-order valence-corrected chi connectivity index (χ3v) is 14.3. The molecule has 70 heavy (non-hydrogen) atoms. The van der Waals surface area contributed by atoms with Gasteiger partial charge in [-0.1, -0.05) is 65.7 Å². The van der Waals surface area contributed by atoms with Gasteiger partial charge in [0.25, 0.3) is 30.4 Å². The number of amides is 1. The van der Waals surface area contributed by atoms with Crippen molar-refractivity contribution in [3.63, 3.8) is 0 Å². The highest BCUT2D eigenvalue weighted by molar-refractivity contribution is 7.86. The molecule has 0 fully saturated rings. The number of rotatable bonds is 15. The van der Waals surface area contributed by atoms with Crippen LogP contribution < -0.4 is 16.0 Å². The molecule has 0 spiro atoms. The molecule has 2 aromatic heterocycles. The maximum Gasteiger partial charge on any atom is 0.296 e. The molecule has 2 heterocycles. The van der Waals surface area contributed by atoms with Crippen molar-refractivity contribution in [3.8, 4) is 23.3 Å².